The van der Waals surface area contributed by atoms with Crippen LogP contribution in [0.1, 0.15) is 57.4 Å². The highest BCUT2D eigenvalue weighted by Gasteiger charge is 2.27. The predicted octanol–water partition coefficient (Wildman–Crippen LogP) is 7.21. The predicted molar refractivity (Wildman–Crippen MR) is 147 cm³/mol. The Morgan fingerprint density at radius 3 is 2.37 bits per heavy atom. The molecule has 0 amide bonds. The van der Waals surface area contributed by atoms with Crippen molar-refractivity contribution in [1.82, 2.24) is 4.90 Å². The van der Waals surface area contributed by atoms with E-state index in [9.17, 15) is 23.1 Å². The first kappa shape index (κ1) is 27.9. The van der Waals surface area contributed by atoms with Gasteiger partial charge in [-0.15, -0.1) is 12.4 Å². The minimum Gasteiger partial charge on any atom is -0.478 e. The molecule has 3 nitrogen and oxygen atoms in total. The highest BCUT2D eigenvalue weighted by atomic mass is 35.5. The molecule has 0 bridgehead atoms. The summed E-state index contributed by atoms with van der Waals surface area (Å²) >= 11 is 0. The minimum absolute atomic E-state index is 0. The number of nitrogens with zero attached hydrogens (tertiary/aromatic N) is 1. The van der Waals surface area contributed by atoms with Gasteiger partial charge in [0.05, 0.1) is 12.2 Å². The van der Waals surface area contributed by atoms with Gasteiger partial charge in [-0.2, -0.15) is 0 Å². The Labute approximate surface area is 227 Å². The van der Waals surface area contributed by atoms with Crippen molar-refractivity contribution in [3.63, 3.8) is 0 Å². The molecule has 200 valence electrons. The number of carboxylic acid groups (broad SMARTS) is 1. The minimum atomic E-state index is -0.981. The molecule has 3 aromatic rings. The number of halogens is 4. The lowest BCUT2D eigenvalue weighted by atomic mass is 9.86. The number of benzene rings is 3. The van der Waals surface area contributed by atoms with Crippen LogP contribution in [0.2, 0.25) is 0 Å². The molecule has 5 rings (SSSR count). The second-order valence-corrected chi connectivity index (χ2v) is 10.1. The Hall–Kier alpha value is -3.09. The van der Waals surface area contributed by atoms with Gasteiger partial charge in [0.25, 0.3) is 0 Å². The second kappa shape index (κ2) is 12.2. The molecule has 0 radical (unpaired) electrons. The van der Waals surface area contributed by atoms with Crippen molar-refractivity contribution in [2.75, 3.05) is 26.3 Å². The van der Waals surface area contributed by atoms with E-state index in [2.05, 4.69) is 17.0 Å². The van der Waals surface area contributed by atoms with Gasteiger partial charge in [-0.3, -0.25) is 4.39 Å². The normalized spacial score (nSPS) is 15.9. The maximum atomic E-state index is 15.0. The number of aromatic carboxylic acids is 1. The Balaban J connectivity index is 0.00000336. The summed E-state index contributed by atoms with van der Waals surface area (Å²) in [7, 11) is 0. The van der Waals surface area contributed by atoms with E-state index >= 15 is 0 Å². The van der Waals surface area contributed by atoms with Gasteiger partial charge >= 0.3 is 5.97 Å². The van der Waals surface area contributed by atoms with Gasteiger partial charge in [0.1, 0.15) is 11.6 Å². The zero-order valence-electron chi connectivity index (χ0n) is 21.1. The summed E-state index contributed by atoms with van der Waals surface area (Å²) in [5.41, 5.74) is 6.20. The summed E-state index contributed by atoms with van der Waals surface area (Å²) in [4.78, 5) is 13.9. The van der Waals surface area contributed by atoms with Crippen LogP contribution in [0.4, 0.5) is 13.2 Å². The maximum Gasteiger partial charge on any atom is 0.335 e. The molecule has 3 aromatic carbocycles. The van der Waals surface area contributed by atoms with E-state index in [1.807, 2.05) is 18.2 Å². The molecule has 1 heterocycles. The van der Waals surface area contributed by atoms with E-state index in [1.54, 1.807) is 12.1 Å². The standard InChI is InChI=1S/C31H30F3NO2.ClH/c32-13-2-14-35-18-21(19-35)15-20-5-7-22(8-6-20)30-26-11-9-24(31(36)37)16-23(26)3-1-4-28(30)27-12-10-25(33)17-29(27)34;/h5-12,16-17,21H,1-4,13-15,18-19H2,(H,36,37);1H. The zero-order chi connectivity index (χ0) is 25.9. The van der Waals surface area contributed by atoms with Gasteiger partial charge in [0.2, 0.25) is 0 Å². The first-order chi connectivity index (χ1) is 17.9. The molecule has 0 saturated carbocycles. The zero-order valence-corrected chi connectivity index (χ0v) is 21.9. The van der Waals surface area contributed by atoms with Crippen molar-refractivity contribution in [2.24, 2.45) is 5.92 Å². The number of alkyl halides is 1. The van der Waals surface area contributed by atoms with Gasteiger partial charge in [-0.1, -0.05) is 30.3 Å². The molecule has 2 aliphatic rings. The third kappa shape index (κ3) is 5.97. The summed E-state index contributed by atoms with van der Waals surface area (Å²) in [5, 5.41) is 9.50. The number of hydrogen-bond donors (Lipinski definition) is 1. The highest BCUT2D eigenvalue weighted by molar-refractivity contribution is 6.00. The summed E-state index contributed by atoms with van der Waals surface area (Å²) in [6.45, 7) is 2.51. The van der Waals surface area contributed by atoms with E-state index in [0.717, 1.165) is 66.4 Å². The molecular weight excluding hydrogens is 511 g/mol. The fraction of sp³-hybridized carbons (Fsp3) is 0.323. The first-order valence-corrected chi connectivity index (χ1v) is 12.9. The van der Waals surface area contributed by atoms with Gasteiger partial charge in [-0.25, -0.2) is 13.6 Å². The van der Waals surface area contributed by atoms with Crippen LogP contribution in [-0.4, -0.2) is 42.3 Å². The molecular formula is C31H31ClF3NO2. The summed E-state index contributed by atoms with van der Waals surface area (Å²) in [6, 6.07) is 17.1. The van der Waals surface area contributed by atoms with Crippen molar-refractivity contribution in [3.8, 4) is 0 Å². The third-order valence-electron chi connectivity index (χ3n) is 7.46. The Bertz CT molecular complexity index is 1330. The van der Waals surface area contributed by atoms with E-state index in [1.165, 1.54) is 17.7 Å². The summed E-state index contributed by atoms with van der Waals surface area (Å²) in [6.07, 6.45) is 3.52. The van der Waals surface area contributed by atoms with Crippen LogP contribution in [0.5, 0.6) is 0 Å². The molecule has 1 aliphatic carbocycles. The number of aryl methyl sites for hydroxylation is 1. The van der Waals surface area contributed by atoms with Gasteiger partial charge in [0, 0.05) is 31.3 Å². The first-order valence-electron chi connectivity index (χ1n) is 12.9. The molecule has 1 N–H and O–H groups in total. The Kier molecular flexibility index (Phi) is 8.95. The van der Waals surface area contributed by atoms with E-state index < -0.39 is 17.6 Å². The third-order valence-corrected chi connectivity index (χ3v) is 7.46. The number of allylic oxidation sites excluding steroid dienone is 1. The van der Waals surface area contributed by atoms with Crippen LogP contribution in [0, 0.1) is 17.6 Å². The smallest absolute Gasteiger partial charge is 0.335 e. The van der Waals surface area contributed by atoms with E-state index in [-0.39, 0.29) is 24.6 Å². The molecule has 1 saturated heterocycles. The Morgan fingerprint density at radius 1 is 0.947 bits per heavy atom. The van der Waals surface area contributed by atoms with Gasteiger partial charge in [0.15, 0.2) is 0 Å². The van der Waals surface area contributed by atoms with Crippen LogP contribution >= 0.6 is 12.4 Å². The van der Waals surface area contributed by atoms with Crippen molar-refractivity contribution in [2.45, 2.75) is 32.1 Å². The number of carboxylic acids is 1. The molecule has 0 atom stereocenters. The van der Waals surface area contributed by atoms with Crippen molar-refractivity contribution < 1.29 is 23.1 Å². The average molecular weight is 542 g/mol. The molecule has 1 aliphatic heterocycles. The Morgan fingerprint density at radius 2 is 1.68 bits per heavy atom. The van der Waals surface area contributed by atoms with Crippen molar-refractivity contribution >= 4 is 29.5 Å². The van der Waals surface area contributed by atoms with Crippen LogP contribution in [0.25, 0.3) is 11.1 Å². The number of fused-ring (bicyclic) bond motifs is 1. The maximum absolute atomic E-state index is 15.0. The van der Waals surface area contributed by atoms with Gasteiger partial charge in [-0.05, 0) is 95.7 Å². The van der Waals surface area contributed by atoms with Crippen LogP contribution in [0.15, 0.2) is 60.7 Å². The number of hydrogen-bond acceptors (Lipinski definition) is 2. The lowest BCUT2D eigenvalue weighted by Crippen LogP contribution is -2.47. The molecule has 1 fully saturated rings. The highest BCUT2D eigenvalue weighted by Crippen LogP contribution is 2.41. The lowest BCUT2D eigenvalue weighted by molar-refractivity contribution is 0.0696. The van der Waals surface area contributed by atoms with Crippen LogP contribution in [-0.2, 0) is 12.8 Å². The van der Waals surface area contributed by atoms with Crippen LogP contribution < -0.4 is 0 Å². The van der Waals surface area contributed by atoms with Crippen LogP contribution in [0.3, 0.4) is 0 Å². The number of likely N-dealkylation sites (tertiary alicyclic amines) is 1. The lowest BCUT2D eigenvalue weighted by Gasteiger charge is -2.39. The topological polar surface area (TPSA) is 40.5 Å². The largest absolute Gasteiger partial charge is 0.478 e. The average Bonchev–Trinajstić information content (AvgIpc) is 3.04. The molecule has 0 spiro atoms. The number of rotatable bonds is 8. The molecule has 0 unspecified atom stereocenters. The van der Waals surface area contributed by atoms with E-state index in [0.29, 0.717) is 30.7 Å². The number of carbonyl (C=O) groups is 1. The molecule has 7 heteroatoms. The SMILES string of the molecule is Cl.O=C(O)c1ccc2c(c1)CCCC(c1ccc(F)cc1F)=C2c1ccc(CC2CN(CCCF)C2)cc1. The fourth-order valence-electron chi connectivity index (χ4n) is 5.67. The fourth-order valence-corrected chi connectivity index (χ4v) is 5.67. The van der Waals surface area contributed by atoms with E-state index in [4.69, 9.17) is 0 Å². The molecule has 38 heavy (non-hydrogen) atoms. The van der Waals surface area contributed by atoms with Crippen molar-refractivity contribution in [3.05, 3.63) is 106 Å². The second-order valence-electron chi connectivity index (χ2n) is 10.1. The monoisotopic (exact) mass is 541 g/mol. The van der Waals surface area contributed by atoms with Crippen molar-refractivity contribution in [1.29, 1.82) is 0 Å². The summed E-state index contributed by atoms with van der Waals surface area (Å²) in [5.74, 6) is -1.64. The quantitative estimate of drug-likeness (QED) is 0.327. The van der Waals surface area contributed by atoms with Gasteiger partial charge < -0.3 is 10.0 Å². The molecule has 0 aromatic heterocycles. The summed E-state index contributed by atoms with van der Waals surface area (Å²) < 4.78 is 41.1.